The molecule has 23 heavy (non-hydrogen) atoms. The standard InChI is InChI=1S/C16H18N2O5/c17-16(20)14-10-18(5-6-21-14)15(19)4-2-11-1-3-12-13(9-11)23-8-7-22-12/h1-4,9,14H,5-8,10H2,(H2,17,20)/b4-2+. The lowest BCUT2D eigenvalue weighted by Crippen LogP contribution is -2.50. The Balaban J connectivity index is 1.65. The first-order chi connectivity index (χ1) is 11.1. The first kappa shape index (κ1) is 15.4. The third-order valence-corrected chi connectivity index (χ3v) is 3.68. The van der Waals surface area contributed by atoms with Crippen LogP contribution in [0.3, 0.4) is 0 Å². The van der Waals surface area contributed by atoms with Crippen molar-refractivity contribution < 1.29 is 23.8 Å². The molecule has 1 fully saturated rings. The highest BCUT2D eigenvalue weighted by Gasteiger charge is 2.26. The van der Waals surface area contributed by atoms with E-state index in [1.807, 2.05) is 18.2 Å². The number of fused-ring (bicyclic) bond motifs is 1. The molecule has 7 nitrogen and oxygen atoms in total. The van der Waals surface area contributed by atoms with Crippen LogP contribution in [0.5, 0.6) is 11.5 Å². The molecule has 1 atom stereocenters. The molecule has 0 bridgehead atoms. The van der Waals surface area contributed by atoms with Crippen molar-refractivity contribution in [1.29, 1.82) is 0 Å². The number of nitrogens with zero attached hydrogens (tertiary/aromatic N) is 1. The van der Waals surface area contributed by atoms with Gasteiger partial charge >= 0.3 is 0 Å². The van der Waals surface area contributed by atoms with Crippen molar-refractivity contribution in [2.45, 2.75) is 6.10 Å². The Bertz CT molecular complexity index is 643. The molecule has 1 aromatic carbocycles. The van der Waals surface area contributed by atoms with Gasteiger partial charge in [-0.25, -0.2) is 0 Å². The van der Waals surface area contributed by atoms with Crippen LogP contribution in [0.2, 0.25) is 0 Å². The van der Waals surface area contributed by atoms with Gasteiger partial charge in [0.2, 0.25) is 11.8 Å². The molecule has 3 rings (SSSR count). The van der Waals surface area contributed by atoms with Crippen molar-refractivity contribution in [3.05, 3.63) is 29.8 Å². The third kappa shape index (κ3) is 3.62. The lowest BCUT2D eigenvalue weighted by molar-refractivity contribution is -0.142. The average molecular weight is 318 g/mol. The normalized spacial score (nSPS) is 20.5. The Morgan fingerprint density at radius 3 is 2.74 bits per heavy atom. The first-order valence-electron chi connectivity index (χ1n) is 7.41. The number of nitrogens with two attached hydrogens (primary N) is 1. The van der Waals surface area contributed by atoms with E-state index < -0.39 is 12.0 Å². The summed E-state index contributed by atoms with van der Waals surface area (Å²) < 4.78 is 16.2. The van der Waals surface area contributed by atoms with Gasteiger partial charge in [0.05, 0.1) is 13.2 Å². The molecule has 2 amide bonds. The second kappa shape index (κ2) is 6.70. The average Bonchev–Trinajstić information content (AvgIpc) is 2.59. The van der Waals surface area contributed by atoms with E-state index in [4.69, 9.17) is 19.9 Å². The van der Waals surface area contributed by atoms with E-state index in [2.05, 4.69) is 0 Å². The maximum absolute atomic E-state index is 12.2. The molecule has 1 aromatic rings. The molecular formula is C16H18N2O5. The van der Waals surface area contributed by atoms with Gasteiger partial charge in [0, 0.05) is 12.6 Å². The Morgan fingerprint density at radius 1 is 1.17 bits per heavy atom. The number of carbonyl (C=O) groups excluding carboxylic acids is 2. The Hall–Kier alpha value is -2.54. The molecular weight excluding hydrogens is 300 g/mol. The summed E-state index contributed by atoms with van der Waals surface area (Å²) in [6, 6.07) is 5.49. The fraction of sp³-hybridized carbons (Fsp3) is 0.375. The van der Waals surface area contributed by atoms with Crippen LogP contribution in [-0.4, -0.2) is 55.7 Å². The third-order valence-electron chi connectivity index (χ3n) is 3.68. The largest absolute Gasteiger partial charge is 0.486 e. The van der Waals surface area contributed by atoms with Gasteiger partial charge in [-0.2, -0.15) is 0 Å². The summed E-state index contributed by atoms with van der Waals surface area (Å²) in [5.74, 6) is 0.635. The van der Waals surface area contributed by atoms with Gasteiger partial charge in [-0.05, 0) is 23.8 Å². The van der Waals surface area contributed by atoms with E-state index in [1.165, 1.54) is 6.08 Å². The summed E-state index contributed by atoms with van der Waals surface area (Å²) in [6.07, 6.45) is 2.43. The van der Waals surface area contributed by atoms with E-state index in [-0.39, 0.29) is 12.5 Å². The number of rotatable bonds is 3. The van der Waals surface area contributed by atoms with Gasteiger partial charge in [0.25, 0.3) is 0 Å². The SMILES string of the molecule is NC(=O)C1CN(C(=O)/C=C/c2ccc3c(c2)OCCO3)CCO1. The number of hydrogen-bond donors (Lipinski definition) is 1. The Labute approximate surface area is 133 Å². The molecule has 0 aliphatic carbocycles. The molecule has 2 heterocycles. The van der Waals surface area contributed by atoms with Crippen LogP contribution in [0.1, 0.15) is 5.56 Å². The number of carbonyl (C=O) groups is 2. The minimum Gasteiger partial charge on any atom is -0.486 e. The van der Waals surface area contributed by atoms with Crippen LogP contribution in [-0.2, 0) is 14.3 Å². The summed E-state index contributed by atoms with van der Waals surface area (Å²) >= 11 is 0. The second-order valence-corrected chi connectivity index (χ2v) is 5.28. The number of benzene rings is 1. The number of hydrogen-bond acceptors (Lipinski definition) is 5. The number of ether oxygens (including phenoxy) is 3. The van der Waals surface area contributed by atoms with Crippen molar-refractivity contribution >= 4 is 17.9 Å². The molecule has 1 saturated heterocycles. The highest BCUT2D eigenvalue weighted by molar-refractivity contribution is 5.92. The molecule has 1 unspecified atom stereocenters. The molecule has 0 radical (unpaired) electrons. The molecule has 2 N–H and O–H groups in total. The lowest BCUT2D eigenvalue weighted by Gasteiger charge is -2.30. The van der Waals surface area contributed by atoms with E-state index in [9.17, 15) is 9.59 Å². The number of primary amides is 1. The van der Waals surface area contributed by atoms with E-state index in [0.29, 0.717) is 37.9 Å². The smallest absolute Gasteiger partial charge is 0.248 e. The van der Waals surface area contributed by atoms with Gasteiger partial charge in [0.15, 0.2) is 17.6 Å². The Morgan fingerprint density at radius 2 is 1.96 bits per heavy atom. The van der Waals surface area contributed by atoms with Crippen molar-refractivity contribution in [3.63, 3.8) is 0 Å². The number of amides is 2. The highest BCUT2D eigenvalue weighted by Crippen LogP contribution is 2.31. The molecule has 0 saturated carbocycles. The zero-order chi connectivity index (χ0) is 16.2. The number of morpholine rings is 1. The van der Waals surface area contributed by atoms with Crippen molar-refractivity contribution in [1.82, 2.24) is 4.90 Å². The molecule has 2 aliphatic heterocycles. The van der Waals surface area contributed by atoms with Crippen molar-refractivity contribution in [2.24, 2.45) is 5.73 Å². The van der Waals surface area contributed by atoms with Gasteiger partial charge in [0.1, 0.15) is 13.2 Å². The lowest BCUT2D eigenvalue weighted by atomic mass is 10.1. The maximum Gasteiger partial charge on any atom is 0.248 e. The molecule has 0 spiro atoms. The zero-order valence-electron chi connectivity index (χ0n) is 12.6. The van der Waals surface area contributed by atoms with Gasteiger partial charge in [-0.1, -0.05) is 6.07 Å². The van der Waals surface area contributed by atoms with Gasteiger partial charge in [-0.3, -0.25) is 9.59 Å². The fourth-order valence-corrected chi connectivity index (χ4v) is 2.46. The second-order valence-electron chi connectivity index (χ2n) is 5.28. The molecule has 7 heteroatoms. The summed E-state index contributed by atoms with van der Waals surface area (Å²) in [5.41, 5.74) is 6.05. The van der Waals surface area contributed by atoms with Crippen LogP contribution in [0.4, 0.5) is 0 Å². The molecule has 122 valence electrons. The van der Waals surface area contributed by atoms with Crippen LogP contribution in [0, 0.1) is 0 Å². The van der Waals surface area contributed by atoms with Crippen LogP contribution < -0.4 is 15.2 Å². The fourth-order valence-electron chi connectivity index (χ4n) is 2.46. The van der Waals surface area contributed by atoms with Crippen molar-refractivity contribution in [2.75, 3.05) is 32.9 Å². The molecule has 0 aromatic heterocycles. The van der Waals surface area contributed by atoms with E-state index >= 15 is 0 Å². The summed E-state index contributed by atoms with van der Waals surface area (Å²) in [7, 11) is 0. The monoisotopic (exact) mass is 318 g/mol. The predicted molar refractivity (Wildman–Crippen MR) is 82.0 cm³/mol. The van der Waals surface area contributed by atoms with Crippen molar-refractivity contribution in [3.8, 4) is 11.5 Å². The summed E-state index contributed by atoms with van der Waals surface area (Å²) in [4.78, 5) is 24.9. The zero-order valence-corrected chi connectivity index (χ0v) is 12.6. The minimum atomic E-state index is -0.740. The Kier molecular flexibility index (Phi) is 4.47. The highest BCUT2D eigenvalue weighted by atomic mass is 16.6. The predicted octanol–water partition coefficient (Wildman–Crippen LogP) is 0.184. The molecule has 2 aliphatic rings. The van der Waals surface area contributed by atoms with Crippen LogP contribution in [0.15, 0.2) is 24.3 Å². The van der Waals surface area contributed by atoms with Gasteiger partial charge in [-0.15, -0.1) is 0 Å². The topological polar surface area (TPSA) is 91.1 Å². The van der Waals surface area contributed by atoms with Crippen LogP contribution >= 0.6 is 0 Å². The van der Waals surface area contributed by atoms with Crippen LogP contribution in [0.25, 0.3) is 6.08 Å². The summed E-state index contributed by atoms with van der Waals surface area (Å²) in [5, 5.41) is 0. The summed E-state index contributed by atoms with van der Waals surface area (Å²) in [6.45, 7) is 1.98. The maximum atomic E-state index is 12.2. The van der Waals surface area contributed by atoms with Gasteiger partial charge < -0.3 is 24.8 Å². The van der Waals surface area contributed by atoms with E-state index in [1.54, 1.807) is 11.0 Å². The minimum absolute atomic E-state index is 0.180. The van der Waals surface area contributed by atoms with E-state index in [0.717, 1.165) is 5.56 Å². The first-order valence-corrected chi connectivity index (χ1v) is 7.41. The quantitative estimate of drug-likeness (QED) is 0.803.